The van der Waals surface area contributed by atoms with Crippen LogP contribution in [0, 0.1) is 17.8 Å². The molecule has 0 aromatic heterocycles. The van der Waals surface area contributed by atoms with Gasteiger partial charge in [-0.1, -0.05) is 26.0 Å². The Morgan fingerprint density at radius 3 is 2.26 bits per heavy atom. The average Bonchev–Trinajstić information content (AvgIpc) is 3.37. The van der Waals surface area contributed by atoms with Gasteiger partial charge in [0.25, 0.3) is 5.91 Å². The molecule has 3 heterocycles. The first-order valence-electron chi connectivity index (χ1n) is 12.2. The summed E-state index contributed by atoms with van der Waals surface area (Å²) in [5.74, 6) is 1.04. The fourth-order valence-electron chi connectivity index (χ4n) is 5.30. The molecule has 3 aliphatic heterocycles. The van der Waals surface area contributed by atoms with Gasteiger partial charge in [0.2, 0.25) is 0 Å². The van der Waals surface area contributed by atoms with Crippen molar-refractivity contribution in [3.63, 3.8) is 0 Å². The molecule has 0 spiro atoms. The Hall–Kier alpha value is -2.58. The molecule has 3 saturated heterocycles. The summed E-state index contributed by atoms with van der Waals surface area (Å²) in [5.41, 5.74) is 1.31. The zero-order chi connectivity index (χ0) is 24.8. The monoisotopic (exact) mass is 488 g/mol. The van der Waals surface area contributed by atoms with E-state index in [0.717, 1.165) is 36.5 Å². The van der Waals surface area contributed by atoms with Gasteiger partial charge in [-0.2, -0.15) is 13.2 Å². The molecule has 188 valence electrons. The lowest BCUT2D eigenvalue weighted by Gasteiger charge is -2.42. The van der Waals surface area contributed by atoms with E-state index in [9.17, 15) is 18.0 Å². The van der Waals surface area contributed by atoms with Crippen LogP contribution in [-0.2, 0) is 21.3 Å². The third-order valence-corrected chi connectivity index (χ3v) is 7.33. The lowest BCUT2D eigenvalue weighted by molar-refractivity contribution is -0.220. The van der Waals surface area contributed by atoms with E-state index in [2.05, 4.69) is 18.7 Å². The van der Waals surface area contributed by atoms with E-state index in [1.165, 1.54) is 0 Å². The van der Waals surface area contributed by atoms with Crippen molar-refractivity contribution in [2.45, 2.75) is 25.6 Å². The van der Waals surface area contributed by atoms with Crippen molar-refractivity contribution < 1.29 is 27.4 Å². The fraction of sp³-hybridized carbons (Fsp3) is 0.519. The summed E-state index contributed by atoms with van der Waals surface area (Å²) >= 11 is 0. The van der Waals surface area contributed by atoms with E-state index in [1.54, 1.807) is 12.1 Å². The summed E-state index contributed by atoms with van der Waals surface area (Å²) in [5, 5.41) is 0. The van der Waals surface area contributed by atoms with E-state index >= 15 is 0 Å². The molecule has 5 nitrogen and oxygen atoms in total. The highest BCUT2D eigenvalue weighted by Gasteiger charge is 2.44. The van der Waals surface area contributed by atoms with E-state index in [1.807, 2.05) is 29.2 Å². The highest BCUT2D eigenvalue weighted by atomic mass is 19.4. The number of carbonyl (C=O) groups is 1. The van der Waals surface area contributed by atoms with Crippen LogP contribution in [0.3, 0.4) is 0 Å². The first kappa shape index (κ1) is 24.1. The van der Waals surface area contributed by atoms with Crippen LogP contribution in [0.25, 0.3) is 0 Å². The van der Waals surface area contributed by atoms with Crippen LogP contribution in [0.15, 0.2) is 48.5 Å². The molecular formula is C27H31F3N2O3. The third kappa shape index (κ3) is 4.78. The fourth-order valence-corrected chi connectivity index (χ4v) is 5.30. The van der Waals surface area contributed by atoms with Crippen molar-refractivity contribution in [2.24, 2.45) is 17.8 Å². The van der Waals surface area contributed by atoms with Gasteiger partial charge >= 0.3 is 6.18 Å². The van der Waals surface area contributed by atoms with Gasteiger partial charge in [0, 0.05) is 49.3 Å². The summed E-state index contributed by atoms with van der Waals surface area (Å²) in [4.78, 5) is 17.4. The molecule has 0 N–H and O–H groups in total. The summed E-state index contributed by atoms with van der Waals surface area (Å²) in [6.07, 6.45) is -4.33. The minimum absolute atomic E-state index is 0.0154. The van der Waals surface area contributed by atoms with Crippen LogP contribution >= 0.6 is 0 Å². The second-order valence-electron chi connectivity index (χ2n) is 10.5. The maximum absolute atomic E-state index is 13.3. The highest BCUT2D eigenvalue weighted by molar-refractivity contribution is 5.94. The van der Waals surface area contributed by atoms with Crippen molar-refractivity contribution >= 4 is 11.6 Å². The Morgan fingerprint density at radius 1 is 1.06 bits per heavy atom. The number of rotatable bonds is 6. The van der Waals surface area contributed by atoms with E-state index < -0.39 is 17.3 Å². The number of hydrogen-bond donors (Lipinski definition) is 0. The van der Waals surface area contributed by atoms with Gasteiger partial charge in [0.05, 0.1) is 25.4 Å². The van der Waals surface area contributed by atoms with Crippen molar-refractivity contribution in [2.75, 3.05) is 50.9 Å². The molecule has 3 aliphatic rings. The zero-order valence-corrected chi connectivity index (χ0v) is 20.1. The Bertz CT molecular complexity index is 1050. The molecular weight excluding hydrogens is 457 g/mol. The van der Waals surface area contributed by atoms with Crippen molar-refractivity contribution in [1.29, 1.82) is 0 Å². The van der Waals surface area contributed by atoms with Crippen LogP contribution in [0.4, 0.5) is 18.9 Å². The smallest absolute Gasteiger partial charge is 0.375 e. The van der Waals surface area contributed by atoms with Gasteiger partial charge in [0.15, 0.2) is 0 Å². The molecule has 0 bridgehead atoms. The van der Waals surface area contributed by atoms with Crippen LogP contribution in [0.1, 0.15) is 35.3 Å². The molecule has 35 heavy (non-hydrogen) atoms. The van der Waals surface area contributed by atoms with Crippen LogP contribution in [0.5, 0.6) is 0 Å². The lowest BCUT2D eigenvalue weighted by atomic mass is 9.90. The summed E-state index contributed by atoms with van der Waals surface area (Å²) in [6.45, 7) is 8.62. The Balaban J connectivity index is 1.22. The number of ether oxygens (including phenoxy) is 2. The van der Waals surface area contributed by atoms with Crippen LogP contribution in [-0.4, -0.2) is 56.8 Å². The number of halogens is 3. The number of anilines is 1. The van der Waals surface area contributed by atoms with E-state index in [4.69, 9.17) is 9.47 Å². The summed E-state index contributed by atoms with van der Waals surface area (Å²) in [6, 6.07) is 13.1. The topological polar surface area (TPSA) is 42.0 Å². The molecule has 2 aromatic rings. The van der Waals surface area contributed by atoms with Gasteiger partial charge in [-0.3, -0.25) is 4.79 Å². The molecule has 2 atom stereocenters. The SMILES string of the molecule is CC(C)COC1(c2cccc(C(=O)N3CC4CN(c5ccc(C(F)(F)F)cc5)CC4C3)c2)COC1. The molecule has 0 radical (unpaired) electrons. The molecule has 5 rings (SSSR count). The predicted octanol–water partition coefficient (Wildman–Crippen LogP) is 4.81. The lowest BCUT2D eigenvalue weighted by Crippen LogP contribution is -2.49. The Labute approximate surface area is 203 Å². The molecule has 3 fully saturated rings. The zero-order valence-electron chi connectivity index (χ0n) is 20.1. The summed E-state index contributed by atoms with van der Waals surface area (Å²) in [7, 11) is 0. The second-order valence-corrected chi connectivity index (χ2v) is 10.5. The van der Waals surface area contributed by atoms with Gasteiger partial charge in [-0.25, -0.2) is 0 Å². The second kappa shape index (κ2) is 9.13. The highest BCUT2D eigenvalue weighted by Crippen LogP contribution is 2.38. The minimum atomic E-state index is -4.33. The molecule has 2 aromatic carbocycles. The van der Waals surface area contributed by atoms with Gasteiger partial charge in [-0.15, -0.1) is 0 Å². The molecule has 0 aliphatic carbocycles. The predicted molar refractivity (Wildman–Crippen MR) is 126 cm³/mol. The largest absolute Gasteiger partial charge is 0.416 e. The molecule has 8 heteroatoms. The first-order valence-corrected chi connectivity index (χ1v) is 12.2. The van der Waals surface area contributed by atoms with Crippen molar-refractivity contribution in [3.8, 4) is 0 Å². The van der Waals surface area contributed by atoms with Crippen LogP contribution in [0.2, 0.25) is 0 Å². The molecule has 2 unspecified atom stereocenters. The number of amides is 1. The number of fused-ring (bicyclic) bond motifs is 1. The van der Waals surface area contributed by atoms with Gasteiger partial charge in [0.1, 0.15) is 5.60 Å². The van der Waals surface area contributed by atoms with Gasteiger partial charge < -0.3 is 19.3 Å². The quantitative estimate of drug-likeness (QED) is 0.585. The van der Waals surface area contributed by atoms with Crippen LogP contribution < -0.4 is 4.90 Å². The Kier molecular flexibility index (Phi) is 6.30. The third-order valence-electron chi connectivity index (χ3n) is 7.33. The Morgan fingerprint density at radius 2 is 1.71 bits per heavy atom. The standard InChI is InChI=1S/C27H31F3N2O3/c1-18(2)15-35-26(16-34-17-26)23-5-3-4-19(10-23)25(33)32-13-20-11-31(12-21(20)14-32)24-8-6-22(7-9-24)27(28,29)30/h3-10,18,20-21H,11-17H2,1-2H3. The number of nitrogens with zero attached hydrogens (tertiary/aromatic N) is 2. The maximum atomic E-state index is 13.3. The number of benzene rings is 2. The number of likely N-dealkylation sites (tertiary alicyclic amines) is 1. The molecule has 1 amide bonds. The number of alkyl halides is 3. The number of hydrogen-bond acceptors (Lipinski definition) is 4. The first-order chi connectivity index (χ1) is 16.6. The van der Waals surface area contributed by atoms with Crippen molar-refractivity contribution in [3.05, 3.63) is 65.2 Å². The van der Waals surface area contributed by atoms with E-state index in [0.29, 0.717) is 56.2 Å². The minimum Gasteiger partial charge on any atom is -0.375 e. The number of carbonyl (C=O) groups excluding carboxylic acids is 1. The van der Waals surface area contributed by atoms with E-state index in [-0.39, 0.29) is 5.91 Å². The van der Waals surface area contributed by atoms with Gasteiger partial charge in [-0.05, 0) is 47.9 Å². The summed E-state index contributed by atoms with van der Waals surface area (Å²) < 4.78 is 50.2. The molecule has 0 saturated carbocycles. The van der Waals surface area contributed by atoms with Crippen molar-refractivity contribution in [1.82, 2.24) is 4.90 Å². The maximum Gasteiger partial charge on any atom is 0.416 e. The average molecular weight is 489 g/mol. The normalized spacial score (nSPS) is 23.5.